The van der Waals surface area contributed by atoms with E-state index >= 15 is 0 Å². The van der Waals surface area contributed by atoms with Gasteiger partial charge in [-0.25, -0.2) is 4.39 Å². The van der Waals surface area contributed by atoms with E-state index in [2.05, 4.69) is 16.8 Å². The van der Waals surface area contributed by atoms with Gasteiger partial charge in [0.05, 0.1) is 11.8 Å². The highest BCUT2D eigenvalue weighted by Crippen LogP contribution is 2.01. The zero-order chi connectivity index (χ0) is 8.81. The molecule has 1 aromatic rings. The van der Waals surface area contributed by atoms with E-state index in [1.165, 1.54) is 6.20 Å². The van der Waals surface area contributed by atoms with Crippen molar-refractivity contribution in [2.24, 2.45) is 5.73 Å². The standard InChI is InChI=1S/C9H9FN2/c10-9-7-12-6-4-8(9)3-1-2-5-11/h4,6-7H,2,5,11H2. The summed E-state index contributed by atoms with van der Waals surface area (Å²) in [5.41, 5.74) is 5.60. The number of hydrogen-bond acceptors (Lipinski definition) is 2. The second kappa shape index (κ2) is 4.47. The molecule has 0 saturated heterocycles. The molecule has 0 bridgehead atoms. The Morgan fingerprint density at radius 3 is 3.08 bits per heavy atom. The Balaban J connectivity index is 2.77. The van der Waals surface area contributed by atoms with Crippen LogP contribution in [0.1, 0.15) is 12.0 Å². The van der Waals surface area contributed by atoms with Gasteiger partial charge < -0.3 is 5.73 Å². The highest BCUT2D eigenvalue weighted by Gasteiger charge is 1.94. The number of rotatable bonds is 1. The lowest BCUT2D eigenvalue weighted by molar-refractivity contribution is 0.618. The van der Waals surface area contributed by atoms with Gasteiger partial charge in [-0.15, -0.1) is 0 Å². The average molecular weight is 164 g/mol. The van der Waals surface area contributed by atoms with Crippen molar-refractivity contribution in [3.63, 3.8) is 0 Å². The maximum atomic E-state index is 12.8. The molecule has 0 aliphatic heterocycles. The molecule has 0 atom stereocenters. The maximum absolute atomic E-state index is 12.8. The topological polar surface area (TPSA) is 38.9 Å². The number of aromatic nitrogens is 1. The van der Waals surface area contributed by atoms with Crippen LogP contribution in [0.5, 0.6) is 0 Å². The minimum absolute atomic E-state index is 0.374. The van der Waals surface area contributed by atoms with E-state index in [-0.39, 0.29) is 5.82 Å². The van der Waals surface area contributed by atoms with Gasteiger partial charge in [-0.1, -0.05) is 11.8 Å². The van der Waals surface area contributed by atoms with Crippen molar-refractivity contribution in [3.8, 4) is 11.8 Å². The molecule has 62 valence electrons. The zero-order valence-corrected chi connectivity index (χ0v) is 6.55. The van der Waals surface area contributed by atoms with Gasteiger partial charge in [-0.05, 0) is 6.07 Å². The van der Waals surface area contributed by atoms with Crippen molar-refractivity contribution in [2.45, 2.75) is 6.42 Å². The Labute approximate surface area is 70.6 Å². The maximum Gasteiger partial charge on any atom is 0.157 e. The summed E-state index contributed by atoms with van der Waals surface area (Å²) in [6, 6.07) is 1.54. The van der Waals surface area contributed by atoms with Gasteiger partial charge in [0.25, 0.3) is 0 Å². The zero-order valence-electron chi connectivity index (χ0n) is 6.55. The van der Waals surface area contributed by atoms with Gasteiger partial charge in [0.1, 0.15) is 0 Å². The van der Waals surface area contributed by atoms with E-state index in [0.29, 0.717) is 18.5 Å². The summed E-state index contributed by atoms with van der Waals surface area (Å²) >= 11 is 0. The van der Waals surface area contributed by atoms with Gasteiger partial charge in [0.15, 0.2) is 5.82 Å². The first kappa shape index (κ1) is 8.69. The summed E-state index contributed by atoms with van der Waals surface area (Å²) < 4.78 is 12.8. The average Bonchev–Trinajstić information content (AvgIpc) is 2.09. The van der Waals surface area contributed by atoms with Crippen LogP contribution in [-0.2, 0) is 0 Å². The molecule has 0 aliphatic carbocycles. The molecule has 1 aromatic heterocycles. The molecular weight excluding hydrogens is 155 g/mol. The van der Waals surface area contributed by atoms with Crippen LogP contribution >= 0.6 is 0 Å². The largest absolute Gasteiger partial charge is 0.330 e. The lowest BCUT2D eigenvalue weighted by Crippen LogP contribution is -1.95. The summed E-state index contributed by atoms with van der Waals surface area (Å²) in [5.74, 6) is 5.03. The van der Waals surface area contributed by atoms with Crippen LogP contribution in [0.2, 0.25) is 0 Å². The predicted octanol–water partition coefficient (Wildman–Crippen LogP) is 0.921. The van der Waals surface area contributed by atoms with Crippen molar-refractivity contribution < 1.29 is 4.39 Å². The van der Waals surface area contributed by atoms with Crippen LogP contribution in [0.15, 0.2) is 18.5 Å². The lowest BCUT2D eigenvalue weighted by Gasteiger charge is -1.89. The molecule has 0 unspecified atom stereocenters. The highest BCUT2D eigenvalue weighted by molar-refractivity contribution is 5.33. The van der Waals surface area contributed by atoms with E-state index in [9.17, 15) is 4.39 Å². The van der Waals surface area contributed by atoms with Crippen LogP contribution in [0.4, 0.5) is 4.39 Å². The molecule has 1 rings (SSSR count). The molecule has 0 fully saturated rings. The number of hydrogen-bond donors (Lipinski definition) is 1. The number of pyridine rings is 1. The predicted molar refractivity (Wildman–Crippen MR) is 44.7 cm³/mol. The molecule has 2 N–H and O–H groups in total. The molecule has 0 aliphatic rings. The Bertz CT molecular complexity index is 312. The van der Waals surface area contributed by atoms with E-state index in [4.69, 9.17) is 5.73 Å². The van der Waals surface area contributed by atoms with Gasteiger partial charge in [0.2, 0.25) is 0 Å². The van der Waals surface area contributed by atoms with Crippen molar-refractivity contribution in [1.29, 1.82) is 0 Å². The summed E-state index contributed by atoms with van der Waals surface area (Å²) in [7, 11) is 0. The summed E-state index contributed by atoms with van der Waals surface area (Å²) in [4.78, 5) is 3.61. The molecule has 0 spiro atoms. The molecule has 0 radical (unpaired) electrons. The van der Waals surface area contributed by atoms with Crippen molar-refractivity contribution in [1.82, 2.24) is 4.98 Å². The molecule has 1 heterocycles. The fourth-order valence-corrected chi connectivity index (χ4v) is 0.706. The monoisotopic (exact) mass is 164 g/mol. The fourth-order valence-electron chi connectivity index (χ4n) is 0.706. The first-order chi connectivity index (χ1) is 5.84. The minimum atomic E-state index is -0.387. The second-order valence-corrected chi connectivity index (χ2v) is 2.20. The third kappa shape index (κ3) is 2.33. The number of halogens is 1. The lowest BCUT2D eigenvalue weighted by atomic mass is 10.2. The molecule has 0 amide bonds. The Morgan fingerprint density at radius 1 is 1.58 bits per heavy atom. The molecule has 2 nitrogen and oxygen atoms in total. The van der Waals surface area contributed by atoms with Crippen LogP contribution in [0, 0.1) is 17.7 Å². The molecule has 12 heavy (non-hydrogen) atoms. The van der Waals surface area contributed by atoms with Crippen molar-refractivity contribution in [3.05, 3.63) is 29.8 Å². The van der Waals surface area contributed by atoms with Crippen LogP contribution in [0.3, 0.4) is 0 Å². The second-order valence-electron chi connectivity index (χ2n) is 2.20. The van der Waals surface area contributed by atoms with Crippen LogP contribution in [0.25, 0.3) is 0 Å². The first-order valence-electron chi connectivity index (χ1n) is 3.63. The smallest absolute Gasteiger partial charge is 0.157 e. The minimum Gasteiger partial charge on any atom is -0.330 e. The SMILES string of the molecule is NCCC#Cc1ccncc1F. The van der Waals surface area contributed by atoms with Gasteiger partial charge >= 0.3 is 0 Å². The summed E-state index contributed by atoms with van der Waals surface area (Å²) in [5, 5.41) is 0. The Hall–Kier alpha value is -1.40. The van der Waals surface area contributed by atoms with Gasteiger partial charge in [-0.3, -0.25) is 4.98 Å². The van der Waals surface area contributed by atoms with E-state index in [1.54, 1.807) is 6.07 Å². The molecule has 3 heteroatoms. The van der Waals surface area contributed by atoms with E-state index < -0.39 is 0 Å². The van der Waals surface area contributed by atoms with Crippen molar-refractivity contribution in [2.75, 3.05) is 6.54 Å². The number of nitrogens with zero attached hydrogens (tertiary/aromatic N) is 1. The number of nitrogens with two attached hydrogens (primary N) is 1. The summed E-state index contributed by atoms with van der Waals surface area (Å²) in [6.45, 7) is 0.500. The van der Waals surface area contributed by atoms with Crippen molar-refractivity contribution >= 4 is 0 Å². The van der Waals surface area contributed by atoms with Gasteiger partial charge in [0, 0.05) is 19.2 Å². The quantitative estimate of drug-likeness (QED) is 0.627. The normalized spacial score (nSPS) is 8.83. The first-order valence-corrected chi connectivity index (χ1v) is 3.63. The Kier molecular flexibility index (Phi) is 3.24. The Morgan fingerprint density at radius 2 is 2.42 bits per heavy atom. The van der Waals surface area contributed by atoms with E-state index in [1.807, 2.05) is 0 Å². The van der Waals surface area contributed by atoms with Crippen LogP contribution in [-0.4, -0.2) is 11.5 Å². The van der Waals surface area contributed by atoms with Crippen LogP contribution < -0.4 is 5.73 Å². The molecular formula is C9H9FN2. The summed E-state index contributed by atoms with van der Waals surface area (Å²) in [6.07, 6.45) is 3.24. The molecule has 0 saturated carbocycles. The fraction of sp³-hybridized carbons (Fsp3) is 0.222. The van der Waals surface area contributed by atoms with E-state index in [0.717, 1.165) is 6.20 Å². The molecule has 0 aromatic carbocycles. The van der Waals surface area contributed by atoms with Gasteiger partial charge in [-0.2, -0.15) is 0 Å². The third-order valence-electron chi connectivity index (χ3n) is 1.26. The highest BCUT2D eigenvalue weighted by atomic mass is 19.1. The third-order valence-corrected chi connectivity index (χ3v) is 1.26.